The molecule has 4 heterocycles. The van der Waals surface area contributed by atoms with Crippen LogP contribution in [-0.4, -0.2) is 120 Å². The number of rotatable bonds is 10. The molecule has 3 radical (unpaired) electrons. The predicted molar refractivity (Wildman–Crippen MR) is 186 cm³/mol. The van der Waals surface area contributed by atoms with Crippen LogP contribution in [0.25, 0.3) is 10.8 Å². The third-order valence-corrected chi connectivity index (χ3v) is 10.5. The number of aromatic nitrogens is 2. The van der Waals surface area contributed by atoms with Crippen LogP contribution in [0.5, 0.6) is 6.01 Å². The number of ether oxygens (including phenoxy) is 3. The number of anilines is 2. The number of piperazine rings is 1. The molecule has 1 aromatic heterocycles. The molecular weight excluding hydrogens is 623 g/mol. The summed E-state index contributed by atoms with van der Waals surface area (Å²) in [6, 6.07) is 15.7. The van der Waals surface area contributed by atoms with E-state index in [-0.39, 0.29) is 24.5 Å². The topological polar surface area (TPSA) is 107 Å². The second-order valence-electron chi connectivity index (χ2n) is 13.0. The van der Waals surface area contributed by atoms with Crippen molar-refractivity contribution in [3.05, 3.63) is 65.4 Å². The molecule has 3 aromatic rings. The summed E-state index contributed by atoms with van der Waals surface area (Å²) in [5.74, 6) is 0.641. The summed E-state index contributed by atoms with van der Waals surface area (Å²) in [7, 11) is 9.32. The first kappa shape index (κ1) is 33.9. The van der Waals surface area contributed by atoms with Gasteiger partial charge >= 0.3 is 6.01 Å². The van der Waals surface area contributed by atoms with E-state index in [4.69, 9.17) is 24.2 Å². The number of nitrogens with zero attached hydrogens (tertiary/aromatic N) is 7. The molecule has 1 unspecified atom stereocenters. The normalized spacial score (nSPS) is 23.1. The molecule has 3 aliphatic heterocycles. The summed E-state index contributed by atoms with van der Waals surface area (Å²) in [5.41, 5.74) is 4.45. The van der Waals surface area contributed by atoms with Crippen LogP contribution in [0.2, 0.25) is 0 Å². The summed E-state index contributed by atoms with van der Waals surface area (Å²) >= 11 is 0. The Morgan fingerprint density at radius 2 is 1.96 bits per heavy atom. The number of nitriles is 1. The highest BCUT2D eigenvalue weighted by atomic mass is 28.1. The predicted octanol–water partition coefficient (Wildman–Crippen LogP) is 3.23. The van der Waals surface area contributed by atoms with Gasteiger partial charge in [0, 0.05) is 75.7 Å². The van der Waals surface area contributed by atoms with E-state index in [1.807, 2.05) is 0 Å². The van der Waals surface area contributed by atoms with Crippen LogP contribution in [-0.2, 0) is 27.2 Å². The number of hydrogen-bond donors (Lipinski definition) is 0. The van der Waals surface area contributed by atoms with Gasteiger partial charge in [-0.15, -0.1) is 0 Å². The molecular formula is C36H44N7O4Si. The lowest BCUT2D eigenvalue weighted by atomic mass is 9.99. The fourth-order valence-corrected chi connectivity index (χ4v) is 7.78. The van der Waals surface area contributed by atoms with Crippen LogP contribution in [0, 0.1) is 18.3 Å². The molecule has 0 spiro atoms. The van der Waals surface area contributed by atoms with E-state index in [0.717, 1.165) is 43.0 Å². The Bertz CT molecular complexity index is 1710. The van der Waals surface area contributed by atoms with E-state index in [9.17, 15) is 10.1 Å². The highest BCUT2D eigenvalue weighted by Crippen LogP contribution is 2.37. The van der Waals surface area contributed by atoms with Gasteiger partial charge < -0.3 is 28.9 Å². The first-order chi connectivity index (χ1) is 23.2. The average molecular weight is 667 g/mol. The molecule has 3 atom stereocenters. The fourth-order valence-electron chi connectivity index (χ4n) is 7.29. The minimum absolute atomic E-state index is 0.115. The second-order valence-corrected chi connectivity index (χ2v) is 13.9. The summed E-state index contributed by atoms with van der Waals surface area (Å²) in [6.45, 7) is 6.59. The molecule has 2 saturated heterocycles. The van der Waals surface area contributed by atoms with E-state index >= 15 is 0 Å². The number of benzene rings is 2. The molecule has 48 heavy (non-hydrogen) atoms. The summed E-state index contributed by atoms with van der Waals surface area (Å²) in [4.78, 5) is 31.9. The number of hydrogen-bond acceptors (Lipinski definition) is 10. The SMILES string of the molecule is COC/C=C/C(=O)N1CCN(c2nc(OCC3C[C@@H](OC)CN3C)nc3c2CCN(c2cccc4cccc(C)c24)C3)C[C@@]1([Si])CC#N. The van der Waals surface area contributed by atoms with Gasteiger partial charge in [0.25, 0.3) is 0 Å². The number of likely N-dealkylation sites (tertiary alicyclic amines) is 1. The van der Waals surface area contributed by atoms with E-state index in [1.165, 1.54) is 28.1 Å². The van der Waals surface area contributed by atoms with Crippen molar-refractivity contribution in [1.82, 2.24) is 19.8 Å². The molecule has 0 bridgehead atoms. The lowest BCUT2D eigenvalue weighted by Gasteiger charge is -2.48. The monoisotopic (exact) mass is 666 g/mol. The molecule has 3 aliphatic rings. The minimum Gasteiger partial charge on any atom is -0.462 e. The van der Waals surface area contributed by atoms with E-state index in [1.54, 1.807) is 25.2 Å². The number of carbonyl (C=O) groups is 1. The number of methoxy groups -OCH3 is 2. The Morgan fingerprint density at radius 3 is 2.71 bits per heavy atom. The molecule has 1 amide bonds. The Morgan fingerprint density at radius 1 is 1.15 bits per heavy atom. The minimum atomic E-state index is -0.900. The fraction of sp³-hybridized carbons (Fsp3) is 0.500. The number of amides is 1. The van der Waals surface area contributed by atoms with Gasteiger partial charge in [-0.05, 0) is 43.8 Å². The first-order valence-corrected chi connectivity index (χ1v) is 17.1. The van der Waals surface area contributed by atoms with E-state index < -0.39 is 5.16 Å². The molecule has 251 valence electrons. The van der Waals surface area contributed by atoms with E-state index in [2.05, 4.69) is 81.4 Å². The van der Waals surface area contributed by atoms with Crippen LogP contribution < -0.4 is 14.5 Å². The molecule has 6 rings (SSSR count). The van der Waals surface area contributed by atoms with Crippen molar-refractivity contribution >= 4 is 38.4 Å². The molecule has 0 N–H and O–H groups in total. The molecule has 11 nitrogen and oxygen atoms in total. The second kappa shape index (κ2) is 14.6. The van der Waals surface area contributed by atoms with Gasteiger partial charge in [-0.1, -0.05) is 36.4 Å². The number of carbonyl (C=O) groups excluding carboxylic acids is 1. The van der Waals surface area contributed by atoms with Crippen LogP contribution in [0.15, 0.2) is 48.6 Å². The lowest BCUT2D eigenvalue weighted by Crippen LogP contribution is -2.64. The van der Waals surface area contributed by atoms with Crippen LogP contribution in [0.3, 0.4) is 0 Å². The molecule has 2 aromatic carbocycles. The van der Waals surface area contributed by atoms with E-state index in [0.29, 0.717) is 45.4 Å². The average Bonchev–Trinajstić information content (AvgIpc) is 3.45. The van der Waals surface area contributed by atoms with Crippen LogP contribution in [0.4, 0.5) is 11.5 Å². The van der Waals surface area contributed by atoms with Crippen molar-refractivity contribution < 1.29 is 19.0 Å². The Labute approximate surface area is 286 Å². The Kier molecular flexibility index (Phi) is 10.3. The molecule has 12 heteroatoms. The summed E-state index contributed by atoms with van der Waals surface area (Å²) in [6.07, 6.45) is 5.13. The quantitative estimate of drug-likeness (QED) is 0.237. The van der Waals surface area contributed by atoms with Crippen molar-refractivity contribution in [2.24, 2.45) is 0 Å². The van der Waals surface area contributed by atoms with Crippen molar-refractivity contribution in [2.75, 3.05) is 77.0 Å². The van der Waals surface area contributed by atoms with Crippen molar-refractivity contribution in [1.29, 1.82) is 5.26 Å². The summed E-state index contributed by atoms with van der Waals surface area (Å²) in [5, 5.41) is 11.4. The zero-order chi connectivity index (χ0) is 33.8. The third-order valence-electron chi connectivity index (χ3n) is 9.87. The van der Waals surface area contributed by atoms with Gasteiger partial charge in [0.05, 0.1) is 52.8 Å². The standard InChI is InChI=1S/C36H44N7O4Si/c1-25-8-5-9-26-10-6-11-31(33(25)26)41-16-13-29-30(22-41)38-35(47-23-27-20-28(46-4)21-40(27)2)39-34(29)42-17-18-43(32(44)12-7-19-45-3)36(48,24-42)14-15-37/h5-12,27-28H,13-14,16-24H2,1-4H3/b12-7+/t27?,28-,36+/m1/s1. The number of aryl methyl sites for hydroxylation is 1. The Hall–Kier alpha value is -4.02. The zero-order valence-corrected chi connectivity index (χ0v) is 29.3. The third kappa shape index (κ3) is 6.91. The maximum Gasteiger partial charge on any atom is 0.318 e. The van der Waals surface area contributed by atoms with Crippen molar-refractivity contribution in [3.63, 3.8) is 0 Å². The molecule has 0 saturated carbocycles. The summed E-state index contributed by atoms with van der Waals surface area (Å²) < 4.78 is 17.1. The maximum absolute atomic E-state index is 13.2. The smallest absolute Gasteiger partial charge is 0.318 e. The van der Waals surface area contributed by atoms with Crippen LogP contribution >= 0.6 is 0 Å². The van der Waals surface area contributed by atoms with Gasteiger partial charge in [0.2, 0.25) is 5.91 Å². The molecule has 0 aliphatic carbocycles. The van der Waals surface area contributed by atoms with Gasteiger partial charge in [0.15, 0.2) is 0 Å². The Balaban J connectivity index is 1.33. The maximum atomic E-state index is 13.2. The van der Waals surface area contributed by atoms with Crippen molar-refractivity contribution in [2.45, 2.75) is 50.0 Å². The van der Waals surface area contributed by atoms with Gasteiger partial charge in [-0.25, -0.2) is 0 Å². The zero-order valence-electron chi connectivity index (χ0n) is 28.3. The van der Waals surface area contributed by atoms with Crippen molar-refractivity contribution in [3.8, 4) is 12.1 Å². The molecule has 2 fully saturated rings. The highest BCUT2D eigenvalue weighted by molar-refractivity contribution is 6.18. The number of likely N-dealkylation sites (N-methyl/N-ethyl adjacent to an activating group) is 1. The lowest BCUT2D eigenvalue weighted by molar-refractivity contribution is -0.130. The number of fused-ring (bicyclic) bond motifs is 2. The van der Waals surface area contributed by atoms with Gasteiger partial charge in [-0.2, -0.15) is 15.2 Å². The van der Waals surface area contributed by atoms with Crippen LogP contribution in [0.1, 0.15) is 29.7 Å². The van der Waals surface area contributed by atoms with Gasteiger partial charge in [-0.3, -0.25) is 9.69 Å². The van der Waals surface area contributed by atoms with Gasteiger partial charge in [0.1, 0.15) is 12.4 Å². The largest absolute Gasteiger partial charge is 0.462 e. The highest BCUT2D eigenvalue weighted by Gasteiger charge is 2.41. The first-order valence-electron chi connectivity index (χ1n) is 16.6.